The number of hydrogen-bond donors (Lipinski definition) is 3. The molecule has 0 aromatic heterocycles. The summed E-state index contributed by atoms with van der Waals surface area (Å²) in [5.74, 6) is 0.601. The Hall–Kier alpha value is -3.93. The van der Waals surface area contributed by atoms with E-state index in [1.807, 2.05) is 60.7 Å². The first-order valence-electron chi connectivity index (χ1n) is 14.0. The van der Waals surface area contributed by atoms with Crippen LogP contribution in [0, 0.1) is 0 Å². The van der Waals surface area contributed by atoms with Crippen molar-refractivity contribution in [3.05, 3.63) is 110 Å². The van der Waals surface area contributed by atoms with Gasteiger partial charge in [-0.25, -0.2) is 10.4 Å². The van der Waals surface area contributed by atoms with Crippen LogP contribution in [0.5, 0.6) is 5.75 Å². The number of aliphatic imine (C=N–C) groups is 1. The summed E-state index contributed by atoms with van der Waals surface area (Å²) in [7, 11) is 1.63. The fourth-order valence-corrected chi connectivity index (χ4v) is 5.02. The van der Waals surface area contributed by atoms with Gasteiger partial charge in [0, 0.05) is 54.7 Å². The SMILES string of the molecule is COCCCNNC(=O)[C@@]1(Cc2ccccc2CN=[N+]=[N-])N=C(c2ccc(OCCCO)cc2)O[C@H]1c1ccc(Br)cc1. The van der Waals surface area contributed by atoms with E-state index < -0.39 is 11.6 Å². The van der Waals surface area contributed by atoms with E-state index >= 15 is 0 Å². The lowest BCUT2D eigenvalue weighted by Crippen LogP contribution is -2.54. The third kappa shape index (κ3) is 8.34. The predicted molar refractivity (Wildman–Crippen MR) is 167 cm³/mol. The van der Waals surface area contributed by atoms with Crippen LogP contribution in [0.1, 0.15) is 41.2 Å². The minimum absolute atomic E-state index is 0.0531. The van der Waals surface area contributed by atoms with E-state index in [1.165, 1.54) is 0 Å². The second-order valence-electron chi connectivity index (χ2n) is 9.90. The molecule has 0 spiro atoms. The first kappa shape index (κ1) is 32.0. The van der Waals surface area contributed by atoms with E-state index in [0.717, 1.165) is 21.2 Å². The summed E-state index contributed by atoms with van der Waals surface area (Å²) in [5, 5.41) is 12.8. The van der Waals surface area contributed by atoms with Crippen LogP contribution in [-0.2, 0) is 27.2 Å². The Morgan fingerprint density at radius 2 is 1.84 bits per heavy atom. The van der Waals surface area contributed by atoms with Crippen LogP contribution in [0.15, 0.2) is 87.4 Å². The second-order valence-corrected chi connectivity index (χ2v) is 10.8. The van der Waals surface area contributed by atoms with Gasteiger partial charge in [0.05, 0.1) is 13.2 Å². The molecular formula is C31H35BrN6O5. The van der Waals surface area contributed by atoms with E-state index in [0.29, 0.717) is 49.8 Å². The Kier molecular flexibility index (Phi) is 12.0. The van der Waals surface area contributed by atoms with E-state index in [2.05, 4.69) is 36.8 Å². The number of nitrogens with zero attached hydrogens (tertiary/aromatic N) is 4. The number of aliphatic hydroxyl groups is 1. The molecule has 3 N–H and O–H groups in total. The van der Waals surface area contributed by atoms with Gasteiger partial charge in [-0.15, -0.1) is 0 Å². The van der Waals surface area contributed by atoms with Gasteiger partial charge in [0.15, 0.2) is 11.6 Å². The molecule has 0 saturated heterocycles. The summed E-state index contributed by atoms with van der Waals surface area (Å²) >= 11 is 3.50. The number of carbonyl (C=O) groups is 1. The van der Waals surface area contributed by atoms with Gasteiger partial charge >= 0.3 is 0 Å². The summed E-state index contributed by atoms with van der Waals surface area (Å²) in [6.45, 7) is 1.64. The Labute approximate surface area is 259 Å². The van der Waals surface area contributed by atoms with Gasteiger partial charge in [-0.3, -0.25) is 10.2 Å². The van der Waals surface area contributed by atoms with Crippen molar-refractivity contribution in [3.8, 4) is 5.75 Å². The largest absolute Gasteiger partial charge is 0.494 e. The number of halogens is 1. The number of nitrogens with one attached hydrogen (secondary N) is 2. The van der Waals surface area contributed by atoms with E-state index in [1.54, 1.807) is 19.2 Å². The molecule has 0 fully saturated rings. The lowest BCUT2D eigenvalue weighted by atomic mass is 9.81. The summed E-state index contributed by atoms with van der Waals surface area (Å²) in [6.07, 6.45) is 0.643. The quantitative estimate of drug-likeness (QED) is 0.0639. The van der Waals surface area contributed by atoms with Gasteiger partial charge < -0.3 is 19.3 Å². The first-order chi connectivity index (χ1) is 21.0. The van der Waals surface area contributed by atoms with Crippen LogP contribution in [0.3, 0.4) is 0 Å². The summed E-state index contributed by atoms with van der Waals surface area (Å²) < 4.78 is 18.3. The van der Waals surface area contributed by atoms with Crippen molar-refractivity contribution >= 4 is 27.7 Å². The highest BCUT2D eigenvalue weighted by atomic mass is 79.9. The van der Waals surface area contributed by atoms with Gasteiger partial charge in [0.25, 0.3) is 5.91 Å². The van der Waals surface area contributed by atoms with E-state index in [-0.39, 0.29) is 25.5 Å². The Bertz CT molecular complexity index is 1430. The van der Waals surface area contributed by atoms with Crippen molar-refractivity contribution in [2.75, 3.05) is 33.5 Å². The maximum absolute atomic E-state index is 14.2. The molecule has 0 aliphatic carbocycles. The molecular weight excluding hydrogens is 616 g/mol. The van der Waals surface area contributed by atoms with Crippen molar-refractivity contribution in [1.29, 1.82) is 0 Å². The molecule has 0 bridgehead atoms. The van der Waals surface area contributed by atoms with Crippen LogP contribution < -0.4 is 15.6 Å². The molecule has 0 radical (unpaired) electrons. The first-order valence-corrected chi connectivity index (χ1v) is 14.8. The van der Waals surface area contributed by atoms with Crippen LogP contribution in [0.4, 0.5) is 0 Å². The molecule has 11 nitrogen and oxygen atoms in total. The molecule has 1 amide bonds. The number of carbonyl (C=O) groups excluding carboxylic acids is 1. The van der Waals surface area contributed by atoms with Crippen LogP contribution in [0.2, 0.25) is 0 Å². The molecule has 43 heavy (non-hydrogen) atoms. The number of rotatable bonds is 16. The van der Waals surface area contributed by atoms with Crippen molar-refractivity contribution < 1.29 is 24.1 Å². The molecule has 1 heterocycles. The highest BCUT2D eigenvalue weighted by Gasteiger charge is 2.53. The molecule has 1 aliphatic heterocycles. The monoisotopic (exact) mass is 650 g/mol. The van der Waals surface area contributed by atoms with Crippen molar-refractivity contribution in [1.82, 2.24) is 10.9 Å². The van der Waals surface area contributed by atoms with Gasteiger partial charge in [-0.05, 0) is 65.0 Å². The average molecular weight is 652 g/mol. The minimum atomic E-state index is -1.42. The molecule has 12 heteroatoms. The number of benzene rings is 3. The number of methoxy groups -OCH3 is 1. The summed E-state index contributed by atoms with van der Waals surface area (Å²) in [6, 6.07) is 22.4. The lowest BCUT2D eigenvalue weighted by Gasteiger charge is -2.31. The van der Waals surface area contributed by atoms with Gasteiger partial charge in [0.1, 0.15) is 5.75 Å². The fourth-order valence-electron chi connectivity index (χ4n) is 4.76. The zero-order chi connectivity index (χ0) is 30.5. The van der Waals surface area contributed by atoms with Crippen LogP contribution in [0.25, 0.3) is 10.4 Å². The van der Waals surface area contributed by atoms with E-state index in [4.69, 9.17) is 29.8 Å². The van der Waals surface area contributed by atoms with Gasteiger partial charge in [-0.2, -0.15) is 0 Å². The summed E-state index contributed by atoms with van der Waals surface area (Å²) in [4.78, 5) is 22.2. The number of hydrogen-bond acceptors (Lipinski definition) is 8. The number of amides is 1. The zero-order valence-electron chi connectivity index (χ0n) is 23.9. The lowest BCUT2D eigenvalue weighted by molar-refractivity contribution is -0.130. The van der Waals surface area contributed by atoms with Crippen molar-refractivity contribution in [3.63, 3.8) is 0 Å². The highest BCUT2D eigenvalue weighted by Crippen LogP contribution is 2.43. The summed E-state index contributed by atoms with van der Waals surface area (Å²) in [5.41, 5.74) is 16.5. The highest BCUT2D eigenvalue weighted by molar-refractivity contribution is 9.10. The zero-order valence-corrected chi connectivity index (χ0v) is 25.5. The number of ether oxygens (including phenoxy) is 3. The third-order valence-corrected chi connectivity index (χ3v) is 7.47. The van der Waals surface area contributed by atoms with Crippen LogP contribution in [-0.4, -0.2) is 55.9 Å². The van der Waals surface area contributed by atoms with Crippen LogP contribution >= 0.6 is 15.9 Å². The molecule has 3 aromatic rings. The van der Waals surface area contributed by atoms with Crippen molar-refractivity contribution in [2.24, 2.45) is 10.1 Å². The molecule has 3 aromatic carbocycles. The standard InChI is InChI=1S/C31H35BrN6O5/c1-41-18-4-16-34-37-30(40)31(20-24-6-2-3-7-25(24)21-35-38-33)28(22-8-12-26(32)13-9-22)43-29(36-31)23-10-14-27(15-11-23)42-19-5-17-39/h2-3,6-15,28,34,39H,4-5,16-21H2,1H3,(H,37,40)/t28-,31-/m0/s1. The fraction of sp³-hybridized carbons (Fsp3) is 0.355. The molecule has 1 aliphatic rings. The van der Waals surface area contributed by atoms with Gasteiger partial charge in [0.2, 0.25) is 5.90 Å². The Morgan fingerprint density at radius 3 is 2.53 bits per heavy atom. The molecule has 0 unspecified atom stereocenters. The maximum atomic E-state index is 14.2. The Morgan fingerprint density at radius 1 is 1.09 bits per heavy atom. The van der Waals surface area contributed by atoms with Gasteiger partial charge in [-0.1, -0.05) is 57.4 Å². The molecule has 4 rings (SSSR count). The smallest absolute Gasteiger partial charge is 0.266 e. The third-order valence-electron chi connectivity index (χ3n) is 6.94. The number of azide groups is 1. The van der Waals surface area contributed by atoms with E-state index in [9.17, 15) is 4.79 Å². The topological polar surface area (TPSA) is 150 Å². The molecule has 0 saturated carbocycles. The average Bonchev–Trinajstić information content (AvgIpc) is 3.41. The normalized spacial score (nSPS) is 17.5. The molecule has 2 atom stereocenters. The Balaban J connectivity index is 1.77. The maximum Gasteiger partial charge on any atom is 0.266 e. The molecule has 226 valence electrons. The van der Waals surface area contributed by atoms with Crippen molar-refractivity contribution in [2.45, 2.75) is 37.5 Å². The number of aliphatic hydroxyl groups excluding tert-OH is 1. The second kappa shape index (κ2) is 16.1. The predicted octanol–water partition coefficient (Wildman–Crippen LogP) is 5.18. The number of hydrazine groups is 1. The minimum Gasteiger partial charge on any atom is -0.494 e.